The van der Waals surface area contributed by atoms with Crippen LogP contribution in [-0.4, -0.2) is 45.6 Å². The van der Waals surface area contributed by atoms with Crippen LogP contribution in [0.15, 0.2) is 24.3 Å². The predicted octanol–water partition coefficient (Wildman–Crippen LogP) is 2.43. The monoisotopic (exact) mass is 400 g/mol. The van der Waals surface area contributed by atoms with Crippen molar-refractivity contribution in [3.05, 3.63) is 41.2 Å². The van der Waals surface area contributed by atoms with Crippen molar-refractivity contribution in [1.29, 1.82) is 0 Å². The number of likely N-dealkylation sites (N-methyl/N-ethyl adjacent to an activating group) is 1. The van der Waals surface area contributed by atoms with Gasteiger partial charge in [0.15, 0.2) is 11.7 Å². The van der Waals surface area contributed by atoms with Crippen molar-refractivity contribution < 1.29 is 19.1 Å². The van der Waals surface area contributed by atoms with Crippen LogP contribution in [0.1, 0.15) is 28.7 Å². The number of benzene rings is 1. The molecule has 0 atom stereocenters. The molecule has 3 aromatic rings. The molecule has 0 aliphatic rings. The molecule has 2 heterocycles. The largest absolute Gasteiger partial charge is 0.450 e. The summed E-state index contributed by atoms with van der Waals surface area (Å²) < 4.78 is 7.46. The van der Waals surface area contributed by atoms with Gasteiger partial charge in [0.25, 0.3) is 11.7 Å². The summed E-state index contributed by atoms with van der Waals surface area (Å²) in [4.78, 5) is 43.0. The molecule has 0 N–H and O–H groups in total. The lowest BCUT2D eigenvalue weighted by molar-refractivity contribution is -0.143. The van der Waals surface area contributed by atoms with Gasteiger partial charge in [-0.3, -0.25) is 19.2 Å². The Kier molecular flexibility index (Phi) is 5.55. The number of fused-ring (bicyclic) bond motifs is 1. The fraction of sp³-hybridized carbons (Fsp3) is 0.316. The molecule has 0 aliphatic heterocycles. The van der Waals surface area contributed by atoms with E-state index in [0.29, 0.717) is 23.1 Å². The van der Waals surface area contributed by atoms with Gasteiger partial charge >= 0.3 is 5.97 Å². The summed E-state index contributed by atoms with van der Waals surface area (Å²) in [7, 11) is 1.69. The molecule has 146 valence electrons. The first-order valence-corrected chi connectivity index (χ1v) is 9.52. The number of carbonyl (C=O) groups excluding carboxylic acids is 3. The second kappa shape index (κ2) is 7.89. The van der Waals surface area contributed by atoms with Crippen molar-refractivity contribution >= 4 is 44.3 Å². The Labute approximate surface area is 165 Å². The predicted molar refractivity (Wildman–Crippen MR) is 106 cm³/mol. The highest BCUT2D eigenvalue weighted by Crippen LogP contribution is 2.28. The number of nitrogens with zero attached hydrogens (tertiary/aromatic N) is 4. The Morgan fingerprint density at radius 3 is 2.54 bits per heavy atom. The van der Waals surface area contributed by atoms with Crippen LogP contribution in [0.3, 0.4) is 0 Å². The number of ether oxygens (including phenoxy) is 1. The van der Waals surface area contributed by atoms with Crippen molar-refractivity contribution in [2.24, 2.45) is 7.05 Å². The molecule has 0 fully saturated rings. The van der Waals surface area contributed by atoms with Crippen LogP contribution in [-0.2, 0) is 21.4 Å². The van der Waals surface area contributed by atoms with E-state index >= 15 is 0 Å². The Morgan fingerprint density at radius 1 is 1.21 bits per heavy atom. The third-order valence-corrected chi connectivity index (χ3v) is 5.44. The second-order valence-electron chi connectivity index (χ2n) is 6.18. The average Bonchev–Trinajstić information content (AvgIpc) is 3.20. The van der Waals surface area contributed by atoms with E-state index in [1.54, 1.807) is 27.8 Å². The molecule has 0 aliphatic carbocycles. The van der Waals surface area contributed by atoms with Crippen molar-refractivity contribution in [2.45, 2.75) is 20.8 Å². The zero-order valence-electron chi connectivity index (χ0n) is 16.1. The summed E-state index contributed by atoms with van der Waals surface area (Å²) in [5.74, 6) is -2.32. The summed E-state index contributed by atoms with van der Waals surface area (Å²) >= 11 is 1.38. The van der Waals surface area contributed by atoms with Crippen LogP contribution in [0.2, 0.25) is 0 Å². The Bertz CT molecular complexity index is 1040. The topological polar surface area (TPSA) is 94.4 Å². The second-order valence-corrected chi connectivity index (χ2v) is 7.19. The van der Waals surface area contributed by atoms with Crippen molar-refractivity contribution in [1.82, 2.24) is 14.8 Å². The van der Waals surface area contributed by atoms with Crippen LogP contribution in [0.5, 0.6) is 0 Å². The number of para-hydroxylation sites is 1. The molecule has 0 saturated heterocycles. The molecule has 0 unspecified atom stereocenters. The van der Waals surface area contributed by atoms with Gasteiger partial charge in [0.2, 0.25) is 0 Å². The molecule has 8 nitrogen and oxygen atoms in total. The Hall–Kier alpha value is -3.07. The lowest BCUT2D eigenvalue weighted by Gasteiger charge is -2.17. The van der Waals surface area contributed by atoms with Crippen LogP contribution < -0.4 is 4.90 Å². The molecule has 1 aromatic carbocycles. The summed E-state index contributed by atoms with van der Waals surface area (Å²) in [6.45, 7) is 4.97. The highest BCUT2D eigenvalue weighted by molar-refractivity contribution is 7.22. The molecule has 2 aromatic heterocycles. The molecule has 0 radical (unpaired) electrons. The third-order valence-electron chi connectivity index (χ3n) is 4.38. The van der Waals surface area contributed by atoms with E-state index in [9.17, 15) is 14.4 Å². The first-order chi connectivity index (χ1) is 13.3. The van der Waals surface area contributed by atoms with Crippen molar-refractivity contribution in [2.75, 3.05) is 18.1 Å². The fourth-order valence-corrected chi connectivity index (χ4v) is 3.92. The first-order valence-electron chi connectivity index (χ1n) is 8.71. The average molecular weight is 400 g/mol. The van der Waals surface area contributed by atoms with Gasteiger partial charge in [-0.2, -0.15) is 5.10 Å². The van der Waals surface area contributed by atoms with E-state index in [2.05, 4.69) is 10.1 Å². The number of ketones is 1. The number of esters is 1. The van der Waals surface area contributed by atoms with Gasteiger partial charge in [-0.1, -0.05) is 23.5 Å². The van der Waals surface area contributed by atoms with E-state index in [1.165, 1.54) is 20.9 Å². The minimum absolute atomic E-state index is 0.207. The molecule has 9 heteroatoms. The summed E-state index contributed by atoms with van der Waals surface area (Å²) in [6.07, 6.45) is 0. The number of amides is 1. The first kappa shape index (κ1) is 19.7. The maximum Gasteiger partial charge on any atom is 0.380 e. The maximum absolute atomic E-state index is 12.5. The highest BCUT2D eigenvalue weighted by atomic mass is 32.1. The summed E-state index contributed by atoms with van der Waals surface area (Å²) in [5, 5.41) is 4.64. The van der Waals surface area contributed by atoms with Crippen LogP contribution in [0.25, 0.3) is 10.2 Å². The third kappa shape index (κ3) is 3.65. The number of rotatable bonds is 6. The maximum atomic E-state index is 12.5. The van der Waals surface area contributed by atoms with Gasteiger partial charge in [0.1, 0.15) is 0 Å². The number of carbonyl (C=O) groups is 3. The van der Waals surface area contributed by atoms with Gasteiger partial charge in [0.05, 0.1) is 21.5 Å². The smallest absolute Gasteiger partial charge is 0.380 e. The number of hydrogen-bond donors (Lipinski definition) is 0. The van der Waals surface area contributed by atoms with Gasteiger partial charge in [-0.25, -0.2) is 9.78 Å². The van der Waals surface area contributed by atoms with Crippen molar-refractivity contribution in [3.63, 3.8) is 0 Å². The molecule has 0 spiro atoms. The van der Waals surface area contributed by atoms with Crippen LogP contribution in [0, 0.1) is 13.8 Å². The van der Waals surface area contributed by atoms with Crippen LogP contribution >= 0.6 is 11.3 Å². The highest BCUT2D eigenvalue weighted by Gasteiger charge is 2.27. The fourth-order valence-electron chi connectivity index (χ4n) is 2.87. The number of aryl methyl sites for hydroxylation is 2. The van der Waals surface area contributed by atoms with Crippen LogP contribution in [0.4, 0.5) is 5.13 Å². The minimum atomic E-state index is -1.08. The van der Waals surface area contributed by atoms with E-state index < -0.39 is 24.3 Å². The normalized spacial score (nSPS) is 10.9. The van der Waals surface area contributed by atoms with Gasteiger partial charge in [-0.05, 0) is 32.9 Å². The number of aromatic nitrogens is 3. The number of anilines is 1. The molecule has 1 amide bonds. The SMILES string of the molecule is CCN(C(=O)COC(=O)C(=O)c1c(C)nn(C)c1C)c1nc2ccccc2s1. The van der Waals surface area contributed by atoms with Gasteiger partial charge in [-0.15, -0.1) is 0 Å². The van der Waals surface area contributed by atoms with E-state index in [-0.39, 0.29) is 5.56 Å². The zero-order valence-corrected chi connectivity index (χ0v) is 16.9. The standard InChI is InChI=1S/C19H20N4O4S/c1-5-23(19-20-13-8-6-7-9-14(13)28-19)15(24)10-27-18(26)17(25)16-11(2)21-22(4)12(16)3/h6-9H,5,10H2,1-4H3. The number of Topliss-reactive ketones (excluding diaryl/α,β-unsaturated/α-hetero) is 1. The number of thiazole rings is 1. The zero-order chi connectivity index (χ0) is 20.4. The lowest BCUT2D eigenvalue weighted by Crippen LogP contribution is -2.35. The van der Waals surface area contributed by atoms with E-state index in [4.69, 9.17) is 4.74 Å². The van der Waals surface area contributed by atoms with Gasteiger partial charge < -0.3 is 4.74 Å². The Balaban J connectivity index is 1.69. The quantitative estimate of drug-likeness (QED) is 0.358. The Morgan fingerprint density at radius 2 is 1.93 bits per heavy atom. The molecule has 3 rings (SSSR count). The lowest BCUT2D eigenvalue weighted by atomic mass is 10.1. The van der Waals surface area contributed by atoms with Crippen molar-refractivity contribution in [3.8, 4) is 0 Å². The van der Waals surface area contributed by atoms with Gasteiger partial charge in [0, 0.05) is 19.3 Å². The van der Waals surface area contributed by atoms with E-state index in [1.807, 2.05) is 24.3 Å². The van der Waals surface area contributed by atoms with E-state index in [0.717, 1.165) is 10.2 Å². The molecule has 0 saturated carbocycles. The minimum Gasteiger partial charge on any atom is -0.450 e. The summed E-state index contributed by atoms with van der Waals surface area (Å²) in [5.41, 5.74) is 2.01. The molecule has 28 heavy (non-hydrogen) atoms. The number of hydrogen-bond acceptors (Lipinski definition) is 7. The molecular weight excluding hydrogens is 380 g/mol. The molecular formula is C19H20N4O4S. The summed E-state index contributed by atoms with van der Waals surface area (Å²) in [6, 6.07) is 7.56. The molecule has 0 bridgehead atoms.